The lowest BCUT2D eigenvalue weighted by Gasteiger charge is -2.35. The lowest BCUT2D eigenvalue weighted by Crippen LogP contribution is -2.42. The fourth-order valence-electron chi connectivity index (χ4n) is 3.06. The van der Waals surface area contributed by atoms with Crippen LogP contribution < -0.4 is 5.73 Å². The number of methoxy groups -OCH3 is 1. The molecule has 0 aromatic carbocycles. The van der Waals surface area contributed by atoms with Gasteiger partial charge in [0.25, 0.3) is 0 Å². The normalized spacial score (nSPS) is 18.1. The second kappa shape index (κ2) is 7.92. The highest BCUT2D eigenvalue weighted by Crippen LogP contribution is 2.37. The molecule has 0 spiro atoms. The number of aromatic nitrogens is 2. The van der Waals surface area contributed by atoms with E-state index < -0.39 is 0 Å². The molecular weight excluding hydrogens is 264 g/mol. The Labute approximate surface area is 128 Å². The van der Waals surface area contributed by atoms with Crippen LogP contribution in [-0.4, -0.2) is 47.5 Å². The Hall–Kier alpha value is -0.910. The highest BCUT2D eigenvalue weighted by atomic mass is 16.5. The van der Waals surface area contributed by atoms with E-state index >= 15 is 0 Å². The number of aryl methyl sites for hydroxylation is 1. The zero-order valence-electron chi connectivity index (χ0n) is 13.7. The minimum Gasteiger partial charge on any atom is -0.383 e. The molecule has 120 valence electrons. The molecule has 1 aliphatic rings. The molecule has 1 saturated carbocycles. The van der Waals surface area contributed by atoms with E-state index in [1.54, 1.807) is 7.11 Å². The lowest BCUT2D eigenvalue weighted by atomic mass is 10.0. The number of ether oxygens (including phenoxy) is 1. The molecule has 2 rings (SSSR count). The Morgan fingerprint density at radius 1 is 1.52 bits per heavy atom. The number of hydrogen-bond donors (Lipinski definition) is 1. The van der Waals surface area contributed by atoms with Gasteiger partial charge >= 0.3 is 0 Å². The summed E-state index contributed by atoms with van der Waals surface area (Å²) in [5, 5.41) is 4.46. The summed E-state index contributed by atoms with van der Waals surface area (Å²) in [5.74, 6) is 0.821. The van der Waals surface area contributed by atoms with Crippen molar-refractivity contribution in [3.05, 3.63) is 18.0 Å². The third-order valence-corrected chi connectivity index (χ3v) is 4.50. The first-order valence-corrected chi connectivity index (χ1v) is 8.18. The molecule has 5 heteroatoms. The lowest BCUT2D eigenvalue weighted by molar-refractivity contribution is 0.0834. The molecule has 21 heavy (non-hydrogen) atoms. The molecule has 2 unspecified atom stereocenters. The van der Waals surface area contributed by atoms with E-state index in [9.17, 15) is 0 Å². The van der Waals surface area contributed by atoms with E-state index in [0.29, 0.717) is 12.6 Å². The first-order chi connectivity index (χ1) is 10.2. The Bertz CT molecular complexity index is 416. The van der Waals surface area contributed by atoms with Gasteiger partial charge < -0.3 is 10.5 Å². The molecule has 5 nitrogen and oxygen atoms in total. The van der Waals surface area contributed by atoms with Gasteiger partial charge in [-0.1, -0.05) is 6.92 Å². The van der Waals surface area contributed by atoms with Crippen LogP contribution >= 0.6 is 0 Å². The molecule has 0 bridgehead atoms. The fourth-order valence-corrected chi connectivity index (χ4v) is 3.06. The quantitative estimate of drug-likeness (QED) is 0.717. The largest absolute Gasteiger partial charge is 0.383 e. The monoisotopic (exact) mass is 294 g/mol. The average Bonchev–Trinajstić information content (AvgIpc) is 3.24. The maximum Gasteiger partial charge on any atom is 0.0590 e. The van der Waals surface area contributed by atoms with Crippen LogP contribution in [0.2, 0.25) is 0 Å². The van der Waals surface area contributed by atoms with Crippen molar-refractivity contribution >= 4 is 0 Å². The Kier molecular flexibility index (Phi) is 6.21. The highest BCUT2D eigenvalue weighted by Gasteiger charge is 2.35. The molecule has 1 fully saturated rings. The molecule has 1 aromatic heterocycles. The maximum atomic E-state index is 6.10. The second-order valence-electron chi connectivity index (χ2n) is 6.10. The van der Waals surface area contributed by atoms with E-state index in [4.69, 9.17) is 10.5 Å². The van der Waals surface area contributed by atoms with Gasteiger partial charge in [0.1, 0.15) is 0 Å². The summed E-state index contributed by atoms with van der Waals surface area (Å²) in [4.78, 5) is 2.51. The topological polar surface area (TPSA) is 56.3 Å². The van der Waals surface area contributed by atoms with Gasteiger partial charge in [-0.05, 0) is 32.1 Å². The summed E-state index contributed by atoms with van der Waals surface area (Å²) in [7, 11) is 1.76. The minimum atomic E-state index is 0.237. The highest BCUT2D eigenvalue weighted by molar-refractivity contribution is 5.12. The molecule has 0 saturated heterocycles. The van der Waals surface area contributed by atoms with Crippen LogP contribution in [0.1, 0.15) is 44.7 Å². The molecule has 1 aliphatic carbocycles. The van der Waals surface area contributed by atoms with Crippen molar-refractivity contribution in [3.63, 3.8) is 0 Å². The number of nitrogens with zero attached hydrogens (tertiary/aromatic N) is 3. The van der Waals surface area contributed by atoms with Crippen LogP contribution in [0.5, 0.6) is 0 Å². The number of hydrogen-bond acceptors (Lipinski definition) is 4. The predicted molar refractivity (Wildman–Crippen MR) is 85.1 cm³/mol. The second-order valence-corrected chi connectivity index (χ2v) is 6.10. The third-order valence-electron chi connectivity index (χ3n) is 4.50. The van der Waals surface area contributed by atoms with Gasteiger partial charge in [-0.15, -0.1) is 0 Å². The van der Waals surface area contributed by atoms with Crippen molar-refractivity contribution in [2.45, 2.75) is 51.7 Å². The van der Waals surface area contributed by atoms with Crippen molar-refractivity contribution in [3.8, 4) is 0 Å². The zero-order chi connectivity index (χ0) is 15.2. The molecule has 0 amide bonds. The Balaban J connectivity index is 2.12. The van der Waals surface area contributed by atoms with Crippen LogP contribution in [0.15, 0.2) is 12.4 Å². The molecule has 0 aliphatic heterocycles. The van der Waals surface area contributed by atoms with Crippen molar-refractivity contribution in [1.29, 1.82) is 0 Å². The van der Waals surface area contributed by atoms with Gasteiger partial charge in [0, 0.05) is 44.5 Å². The number of nitrogens with two attached hydrogens (primary N) is 1. The van der Waals surface area contributed by atoms with Crippen molar-refractivity contribution < 1.29 is 4.74 Å². The van der Waals surface area contributed by atoms with Crippen molar-refractivity contribution in [2.24, 2.45) is 11.7 Å². The Morgan fingerprint density at radius 3 is 2.86 bits per heavy atom. The smallest absolute Gasteiger partial charge is 0.0590 e. The van der Waals surface area contributed by atoms with Crippen molar-refractivity contribution in [2.75, 3.05) is 26.8 Å². The fraction of sp³-hybridized carbons (Fsp3) is 0.812. The summed E-state index contributed by atoms with van der Waals surface area (Å²) >= 11 is 0. The average molecular weight is 294 g/mol. The molecule has 1 heterocycles. The Morgan fingerprint density at radius 2 is 2.29 bits per heavy atom. The zero-order valence-corrected chi connectivity index (χ0v) is 13.7. The van der Waals surface area contributed by atoms with Gasteiger partial charge in [-0.2, -0.15) is 5.10 Å². The standard InChI is InChI=1S/C16H30N4O/c1-4-7-19-12-15(11-18-19)16(10-17)20(8-9-21-3)13(2)14-5-6-14/h11-14,16H,4-10,17H2,1-3H3. The van der Waals surface area contributed by atoms with Gasteiger partial charge in [0.15, 0.2) is 0 Å². The van der Waals surface area contributed by atoms with E-state index in [0.717, 1.165) is 32.0 Å². The van der Waals surface area contributed by atoms with Crippen LogP contribution in [0.25, 0.3) is 0 Å². The minimum absolute atomic E-state index is 0.237. The maximum absolute atomic E-state index is 6.10. The molecule has 2 N–H and O–H groups in total. The van der Waals surface area contributed by atoms with Gasteiger partial charge in [-0.3, -0.25) is 9.58 Å². The van der Waals surface area contributed by atoms with Crippen LogP contribution in [0.3, 0.4) is 0 Å². The molecule has 1 aromatic rings. The summed E-state index contributed by atoms with van der Waals surface area (Å²) in [5.41, 5.74) is 7.33. The van der Waals surface area contributed by atoms with Gasteiger partial charge in [0.2, 0.25) is 0 Å². The third kappa shape index (κ3) is 4.28. The summed E-state index contributed by atoms with van der Waals surface area (Å²) in [6, 6.07) is 0.796. The van der Waals surface area contributed by atoms with Crippen molar-refractivity contribution in [1.82, 2.24) is 14.7 Å². The van der Waals surface area contributed by atoms with Gasteiger partial charge in [0.05, 0.1) is 18.8 Å². The van der Waals surface area contributed by atoms with E-state index in [2.05, 4.69) is 30.0 Å². The van der Waals surface area contributed by atoms with Crippen LogP contribution in [-0.2, 0) is 11.3 Å². The molecule has 0 radical (unpaired) electrons. The summed E-state index contributed by atoms with van der Waals surface area (Å²) < 4.78 is 7.32. The predicted octanol–water partition coefficient (Wildman–Crippen LogP) is 2.04. The van der Waals surface area contributed by atoms with E-state index in [1.165, 1.54) is 18.4 Å². The SMILES string of the molecule is CCCn1cc(C(CN)N(CCOC)C(C)C2CC2)cn1. The number of rotatable bonds is 10. The molecule has 2 atom stereocenters. The summed E-state index contributed by atoms with van der Waals surface area (Å²) in [6.07, 6.45) is 7.92. The van der Waals surface area contributed by atoms with Crippen LogP contribution in [0.4, 0.5) is 0 Å². The van der Waals surface area contributed by atoms with Gasteiger partial charge in [-0.25, -0.2) is 0 Å². The first-order valence-electron chi connectivity index (χ1n) is 8.18. The van der Waals surface area contributed by atoms with E-state index in [-0.39, 0.29) is 6.04 Å². The summed E-state index contributed by atoms with van der Waals surface area (Å²) in [6.45, 7) is 7.76. The van der Waals surface area contributed by atoms with Crippen LogP contribution in [0, 0.1) is 5.92 Å². The van der Waals surface area contributed by atoms with E-state index in [1.807, 2.05) is 10.9 Å². The molecular formula is C16H30N4O. The first kappa shape index (κ1) is 16.5.